The molecule has 4 fully saturated rings. The molecule has 194 valence electrons. The number of ether oxygens (including phenoxy) is 2. The van der Waals surface area contributed by atoms with Crippen molar-refractivity contribution in [1.82, 2.24) is 0 Å². The van der Waals surface area contributed by atoms with Crippen LogP contribution in [0.25, 0.3) is 0 Å². The van der Waals surface area contributed by atoms with E-state index >= 15 is 0 Å². The summed E-state index contributed by atoms with van der Waals surface area (Å²) in [5.41, 5.74) is 0.406. The van der Waals surface area contributed by atoms with Gasteiger partial charge in [0.1, 0.15) is 11.9 Å². The minimum atomic E-state index is -0.350. The highest BCUT2D eigenvalue weighted by Crippen LogP contribution is 2.57. The zero-order valence-electron chi connectivity index (χ0n) is 21.6. The SMILES string of the molecule is C=C(C)C(=O)OC1C2CC3CC(C2)C(C(=O)Oc2ccc([S+](c4ccccc4)c4ccccc4)cc2)C1C3. The first-order chi connectivity index (χ1) is 18.5. The Hall–Kier alpha value is -3.31. The Morgan fingerprint density at radius 3 is 1.95 bits per heavy atom. The van der Waals surface area contributed by atoms with Crippen LogP contribution in [0.2, 0.25) is 0 Å². The lowest BCUT2D eigenvalue weighted by molar-refractivity contribution is -0.186. The summed E-state index contributed by atoms with van der Waals surface area (Å²) in [5.74, 6) is 1.11. The summed E-state index contributed by atoms with van der Waals surface area (Å²) in [6, 6.07) is 28.9. The van der Waals surface area contributed by atoms with Crippen LogP contribution < -0.4 is 4.74 Å². The molecule has 0 N–H and O–H groups in total. The van der Waals surface area contributed by atoms with Crippen LogP contribution >= 0.6 is 0 Å². The molecule has 5 heteroatoms. The molecular weight excluding hydrogens is 492 g/mol. The van der Waals surface area contributed by atoms with Crippen molar-refractivity contribution in [2.45, 2.75) is 53.4 Å². The minimum absolute atomic E-state index is 0.0309. The third-order valence-electron chi connectivity index (χ3n) is 8.44. The molecule has 3 aromatic rings. The van der Waals surface area contributed by atoms with Crippen molar-refractivity contribution >= 4 is 22.8 Å². The highest BCUT2D eigenvalue weighted by molar-refractivity contribution is 7.97. The number of hydrogen-bond donors (Lipinski definition) is 0. The summed E-state index contributed by atoms with van der Waals surface area (Å²) in [6.45, 7) is 5.42. The summed E-state index contributed by atoms with van der Waals surface area (Å²) in [4.78, 5) is 29.6. The Morgan fingerprint density at radius 2 is 1.34 bits per heavy atom. The normalized spacial score (nSPS) is 27.2. The molecule has 0 aromatic heterocycles. The lowest BCUT2D eigenvalue weighted by atomic mass is 9.50. The van der Waals surface area contributed by atoms with Crippen molar-refractivity contribution in [1.29, 1.82) is 0 Å². The Kier molecular flexibility index (Phi) is 6.87. The van der Waals surface area contributed by atoms with Gasteiger partial charge in [0.25, 0.3) is 0 Å². The van der Waals surface area contributed by atoms with E-state index in [2.05, 4.69) is 67.2 Å². The first-order valence-electron chi connectivity index (χ1n) is 13.5. The number of rotatable bonds is 7. The van der Waals surface area contributed by atoms with Gasteiger partial charge in [0.2, 0.25) is 0 Å². The maximum absolute atomic E-state index is 13.6. The molecular formula is C33H33O4S+. The molecule has 3 aromatic carbocycles. The maximum atomic E-state index is 13.6. The van der Waals surface area contributed by atoms with E-state index in [-0.39, 0.29) is 40.8 Å². The van der Waals surface area contributed by atoms with Crippen LogP contribution in [0.5, 0.6) is 5.75 Å². The molecule has 38 heavy (non-hydrogen) atoms. The molecule has 4 bridgehead atoms. The minimum Gasteiger partial charge on any atom is -0.458 e. The van der Waals surface area contributed by atoms with Gasteiger partial charge in [-0.1, -0.05) is 43.0 Å². The van der Waals surface area contributed by atoms with Gasteiger partial charge in [-0.3, -0.25) is 4.79 Å². The molecule has 4 saturated carbocycles. The van der Waals surface area contributed by atoms with Crippen LogP contribution in [-0.4, -0.2) is 18.0 Å². The van der Waals surface area contributed by atoms with Gasteiger partial charge in [0.15, 0.2) is 14.7 Å². The Bertz CT molecular complexity index is 1280. The molecule has 4 nitrogen and oxygen atoms in total. The second-order valence-corrected chi connectivity index (χ2v) is 13.0. The highest BCUT2D eigenvalue weighted by atomic mass is 32.2. The smallest absolute Gasteiger partial charge is 0.333 e. The van der Waals surface area contributed by atoms with Crippen LogP contribution in [0.4, 0.5) is 0 Å². The number of carbonyl (C=O) groups excluding carboxylic acids is 2. The van der Waals surface area contributed by atoms with Gasteiger partial charge in [-0.15, -0.1) is 0 Å². The lowest BCUT2D eigenvalue weighted by Crippen LogP contribution is -2.57. The van der Waals surface area contributed by atoms with E-state index < -0.39 is 0 Å². The zero-order chi connectivity index (χ0) is 26.2. The third kappa shape index (κ3) is 4.80. The summed E-state index contributed by atoms with van der Waals surface area (Å²) >= 11 is 0. The fraction of sp³-hybridized carbons (Fsp3) is 0.333. The van der Waals surface area contributed by atoms with Crippen LogP contribution in [0.3, 0.4) is 0 Å². The van der Waals surface area contributed by atoms with Gasteiger partial charge in [0.05, 0.1) is 16.8 Å². The largest absolute Gasteiger partial charge is 0.458 e. The van der Waals surface area contributed by atoms with E-state index in [1.165, 1.54) is 14.7 Å². The second kappa shape index (κ2) is 10.5. The molecule has 7 rings (SSSR count). The number of carbonyl (C=O) groups is 2. The lowest BCUT2D eigenvalue weighted by Gasteiger charge is -2.56. The average Bonchev–Trinajstić information content (AvgIpc) is 2.92. The van der Waals surface area contributed by atoms with E-state index in [0.717, 1.165) is 25.7 Å². The zero-order valence-corrected chi connectivity index (χ0v) is 22.4. The van der Waals surface area contributed by atoms with Gasteiger partial charge >= 0.3 is 11.9 Å². The van der Waals surface area contributed by atoms with E-state index in [1.807, 2.05) is 24.3 Å². The number of hydrogen-bond acceptors (Lipinski definition) is 4. The standard InChI is InChI=1S/C33H33O4S/c1-21(2)32(34)37-31-24-18-22-17-23(20-24)30(29(31)19-22)33(35)36-25-13-15-28(16-14-25)38(26-9-5-3-6-10-26)27-11-7-4-8-12-27/h3-16,22-24,29-31H,1,17-20H2,2H3/q+1. The van der Waals surface area contributed by atoms with Crippen molar-refractivity contribution in [3.05, 3.63) is 97.1 Å². The molecule has 0 amide bonds. The predicted octanol–water partition coefficient (Wildman–Crippen LogP) is 6.86. The first kappa shape index (κ1) is 25.0. The van der Waals surface area contributed by atoms with E-state index in [0.29, 0.717) is 29.1 Å². The summed E-state index contributed by atoms with van der Waals surface area (Å²) in [7, 11) is -0.253. The van der Waals surface area contributed by atoms with Crippen molar-refractivity contribution in [3.63, 3.8) is 0 Å². The Morgan fingerprint density at radius 1 is 0.763 bits per heavy atom. The van der Waals surface area contributed by atoms with Crippen molar-refractivity contribution in [3.8, 4) is 5.75 Å². The quantitative estimate of drug-likeness (QED) is 0.146. The van der Waals surface area contributed by atoms with Gasteiger partial charge in [-0.05, 0) is 98.9 Å². The molecule has 0 spiro atoms. The summed E-state index contributed by atoms with van der Waals surface area (Å²) < 4.78 is 11.9. The van der Waals surface area contributed by atoms with Crippen LogP contribution in [-0.2, 0) is 25.2 Å². The van der Waals surface area contributed by atoms with Crippen LogP contribution in [0, 0.1) is 29.6 Å². The molecule has 4 aliphatic rings. The van der Waals surface area contributed by atoms with Crippen LogP contribution in [0.1, 0.15) is 32.6 Å². The molecule has 4 aliphatic carbocycles. The van der Waals surface area contributed by atoms with E-state index in [9.17, 15) is 9.59 Å². The van der Waals surface area contributed by atoms with Gasteiger partial charge in [-0.25, -0.2) is 4.79 Å². The molecule has 0 aliphatic heterocycles. The topological polar surface area (TPSA) is 52.6 Å². The first-order valence-corrected chi connectivity index (χ1v) is 14.7. The van der Waals surface area contributed by atoms with Crippen molar-refractivity contribution < 1.29 is 19.1 Å². The number of benzene rings is 3. The molecule has 0 radical (unpaired) electrons. The summed E-state index contributed by atoms with van der Waals surface area (Å²) in [5, 5.41) is 0. The second-order valence-electron chi connectivity index (χ2n) is 11.0. The highest BCUT2D eigenvalue weighted by Gasteiger charge is 2.57. The number of esters is 2. The van der Waals surface area contributed by atoms with Gasteiger partial charge < -0.3 is 9.47 Å². The Balaban J connectivity index is 1.21. The molecule has 6 atom stereocenters. The van der Waals surface area contributed by atoms with Crippen LogP contribution in [0.15, 0.2) is 112 Å². The molecule has 6 unspecified atom stereocenters. The maximum Gasteiger partial charge on any atom is 0.333 e. The van der Waals surface area contributed by atoms with E-state index in [4.69, 9.17) is 9.47 Å². The molecule has 0 heterocycles. The predicted molar refractivity (Wildman–Crippen MR) is 148 cm³/mol. The fourth-order valence-electron chi connectivity index (χ4n) is 6.98. The monoisotopic (exact) mass is 525 g/mol. The van der Waals surface area contributed by atoms with E-state index in [1.54, 1.807) is 6.92 Å². The van der Waals surface area contributed by atoms with Gasteiger partial charge in [0, 0.05) is 11.5 Å². The fourth-order valence-corrected chi connectivity index (χ4v) is 9.06. The van der Waals surface area contributed by atoms with Crippen molar-refractivity contribution in [2.75, 3.05) is 0 Å². The molecule has 0 saturated heterocycles. The van der Waals surface area contributed by atoms with Crippen molar-refractivity contribution in [2.24, 2.45) is 29.6 Å². The third-order valence-corrected chi connectivity index (χ3v) is 10.7. The average molecular weight is 526 g/mol. The van der Waals surface area contributed by atoms with Gasteiger partial charge in [-0.2, -0.15) is 0 Å². The Labute approximate surface area is 227 Å². The summed E-state index contributed by atoms with van der Waals surface area (Å²) in [6.07, 6.45) is 3.80.